The Labute approximate surface area is 243 Å². The summed E-state index contributed by atoms with van der Waals surface area (Å²) < 4.78 is 79.5. The third-order valence-corrected chi connectivity index (χ3v) is 6.41. The quantitative estimate of drug-likeness (QED) is 0.174. The van der Waals surface area contributed by atoms with Crippen molar-refractivity contribution in [3.63, 3.8) is 0 Å². The molecular weight excluding hydrogens is 602 g/mol. The highest BCUT2D eigenvalue weighted by atomic mass is 35.5. The van der Waals surface area contributed by atoms with E-state index < -0.39 is 40.4 Å². The fourth-order valence-electron chi connectivity index (χ4n) is 4.08. The number of urea groups is 1. The molecule has 15 heteroatoms. The zero-order valence-electron chi connectivity index (χ0n) is 21.4. The van der Waals surface area contributed by atoms with Crippen molar-refractivity contribution in [1.29, 1.82) is 0 Å². The van der Waals surface area contributed by atoms with Gasteiger partial charge in [-0.15, -0.1) is 0 Å². The lowest BCUT2D eigenvalue weighted by Crippen LogP contribution is -2.20. The molecule has 0 unspecified atom stereocenters. The van der Waals surface area contributed by atoms with E-state index in [-0.39, 0.29) is 22.7 Å². The predicted octanol–water partition coefficient (Wildman–Crippen LogP) is 7.98. The third kappa shape index (κ3) is 6.54. The molecule has 0 radical (unpaired) electrons. The minimum absolute atomic E-state index is 0.0196. The number of imidazole rings is 1. The van der Waals surface area contributed by atoms with Crippen molar-refractivity contribution in [2.24, 2.45) is 0 Å². The second-order valence-electron chi connectivity index (χ2n) is 8.99. The summed E-state index contributed by atoms with van der Waals surface area (Å²) in [6, 6.07) is 12.4. The van der Waals surface area contributed by atoms with Crippen molar-refractivity contribution in [3.8, 4) is 11.3 Å². The van der Waals surface area contributed by atoms with Crippen LogP contribution in [0, 0.1) is 0 Å². The number of fused-ring (bicyclic) bond motifs is 1. The molecule has 2 aromatic heterocycles. The standard InChI is InChI=1S/C28H17ClF6N6O2/c29-21-9-8-19(13-20(21)28(33,34)35)39-26(43)38-18-3-1-2-16(12-18)22-14-37-24-23(36-10-11-41(22)24)40-25(42)15-4-6-17(7-5-15)27(30,31)32/h1-14H,(H,36,40,42)(H2,38,39,43). The number of rotatable bonds is 5. The highest BCUT2D eigenvalue weighted by molar-refractivity contribution is 6.31. The number of anilines is 3. The van der Waals surface area contributed by atoms with Crippen molar-refractivity contribution in [1.82, 2.24) is 14.4 Å². The first-order valence-corrected chi connectivity index (χ1v) is 12.5. The minimum Gasteiger partial charge on any atom is -0.308 e. The van der Waals surface area contributed by atoms with Crippen molar-refractivity contribution in [2.75, 3.05) is 16.0 Å². The first-order chi connectivity index (χ1) is 20.3. The largest absolute Gasteiger partial charge is 0.417 e. The fraction of sp³-hybridized carbons (Fsp3) is 0.0714. The zero-order valence-corrected chi connectivity index (χ0v) is 22.1. The van der Waals surface area contributed by atoms with E-state index in [1.165, 1.54) is 18.5 Å². The molecule has 0 atom stereocenters. The molecule has 5 aromatic rings. The van der Waals surface area contributed by atoms with Crippen LogP contribution in [0.4, 0.5) is 48.3 Å². The van der Waals surface area contributed by atoms with E-state index >= 15 is 0 Å². The predicted molar refractivity (Wildman–Crippen MR) is 147 cm³/mol. The summed E-state index contributed by atoms with van der Waals surface area (Å²) in [5.74, 6) is -0.646. The SMILES string of the molecule is O=C(Nc1cccc(-c2cnc3c(NC(=O)c4ccc(C(F)(F)F)cc4)nccn23)c1)Nc1ccc(Cl)c(C(F)(F)F)c1. The van der Waals surface area contributed by atoms with Gasteiger partial charge in [-0.25, -0.2) is 14.8 Å². The smallest absolute Gasteiger partial charge is 0.308 e. The number of benzene rings is 3. The molecule has 0 saturated heterocycles. The zero-order chi connectivity index (χ0) is 30.9. The van der Waals surface area contributed by atoms with Crippen LogP contribution in [-0.4, -0.2) is 26.3 Å². The average molecular weight is 619 g/mol. The molecule has 0 fully saturated rings. The van der Waals surface area contributed by atoms with E-state index in [2.05, 4.69) is 25.9 Å². The molecule has 0 spiro atoms. The molecular formula is C28H17ClF6N6O2. The summed E-state index contributed by atoms with van der Waals surface area (Å²) >= 11 is 5.62. The van der Waals surface area contributed by atoms with Crippen LogP contribution >= 0.6 is 11.6 Å². The maximum absolute atomic E-state index is 13.1. The van der Waals surface area contributed by atoms with Gasteiger partial charge < -0.3 is 16.0 Å². The first kappa shape index (κ1) is 29.4. The number of hydrogen-bond donors (Lipinski definition) is 3. The summed E-state index contributed by atoms with van der Waals surface area (Å²) in [5.41, 5.74) is -0.486. The summed E-state index contributed by atoms with van der Waals surface area (Å²) in [6.45, 7) is 0. The lowest BCUT2D eigenvalue weighted by Gasteiger charge is -2.13. The second kappa shape index (κ2) is 11.3. The van der Waals surface area contributed by atoms with Gasteiger partial charge in [0.1, 0.15) is 0 Å². The van der Waals surface area contributed by atoms with Crippen molar-refractivity contribution >= 4 is 46.4 Å². The van der Waals surface area contributed by atoms with E-state index in [0.29, 0.717) is 16.9 Å². The lowest BCUT2D eigenvalue weighted by molar-refractivity contribution is -0.138. The number of carbonyl (C=O) groups excluding carboxylic acids is 2. The highest BCUT2D eigenvalue weighted by Gasteiger charge is 2.33. The first-order valence-electron chi connectivity index (χ1n) is 12.2. The van der Waals surface area contributed by atoms with Crippen LogP contribution in [0.5, 0.6) is 0 Å². The Morgan fingerprint density at radius 1 is 0.791 bits per heavy atom. The Morgan fingerprint density at radius 3 is 2.16 bits per heavy atom. The number of hydrogen-bond acceptors (Lipinski definition) is 4. The van der Waals surface area contributed by atoms with Crippen LogP contribution < -0.4 is 16.0 Å². The van der Waals surface area contributed by atoms with Gasteiger partial charge in [0.25, 0.3) is 5.91 Å². The van der Waals surface area contributed by atoms with Crippen molar-refractivity contribution in [3.05, 3.63) is 107 Å². The van der Waals surface area contributed by atoms with Gasteiger partial charge in [0.15, 0.2) is 11.5 Å². The van der Waals surface area contributed by atoms with E-state index in [1.807, 2.05) is 0 Å². The van der Waals surface area contributed by atoms with Gasteiger partial charge in [0.2, 0.25) is 0 Å². The highest BCUT2D eigenvalue weighted by Crippen LogP contribution is 2.36. The van der Waals surface area contributed by atoms with Gasteiger partial charge in [-0.3, -0.25) is 9.20 Å². The maximum atomic E-state index is 13.1. The average Bonchev–Trinajstić information content (AvgIpc) is 3.38. The molecule has 43 heavy (non-hydrogen) atoms. The van der Waals surface area contributed by atoms with Crippen LogP contribution in [0.25, 0.3) is 16.9 Å². The van der Waals surface area contributed by atoms with Crippen molar-refractivity contribution < 1.29 is 35.9 Å². The summed E-state index contributed by atoms with van der Waals surface area (Å²) in [7, 11) is 0. The number of nitrogens with zero attached hydrogens (tertiary/aromatic N) is 3. The molecule has 0 aliphatic carbocycles. The molecule has 0 bridgehead atoms. The van der Waals surface area contributed by atoms with Gasteiger partial charge in [0.05, 0.1) is 28.0 Å². The Kier molecular flexibility index (Phi) is 7.71. The molecule has 3 N–H and O–H groups in total. The molecule has 3 aromatic carbocycles. The summed E-state index contributed by atoms with van der Waals surface area (Å²) in [6.07, 6.45) is -4.80. The van der Waals surface area contributed by atoms with Crippen LogP contribution in [0.15, 0.2) is 85.3 Å². The Bertz CT molecular complexity index is 1840. The van der Waals surface area contributed by atoms with Crippen LogP contribution in [0.3, 0.4) is 0 Å². The Balaban J connectivity index is 1.33. The fourth-order valence-corrected chi connectivity index (χ4v) is 4.31. The van der Waals surface area contributed by atoms with Crippen LogP contribution in [0.1, 0.15) is 21.5 Å². The number of aromatic nitrogens is 3. The molecule has 5 rings (SSSR count). The molecule has 0 aliphatic heterocycles. The summed E-state index contributed by atoms with van der Waals surface area (Å²) in [4.78, 5) is 33.6. The van der Waals surface area contributed by atoms with E-state index in [4.69, 9.17) is 11.6 Å². The number of nitrogens with one attached hydrogen (secondary N) is 3. The third-order valence-electron chi connectivity index (χ3n) is 6.08. The number of alkyl halides is 6. The minimum atomic E-state index is -4.70. The number of halogens is 7. The van der Waals surface area contributed by atoms with Gasteiger partial charge in [-0.05, 0) is 54.6 Å². The Morgan fingerprint density at radius 2 is 1.49 bits per heavy atom. The molecule has 0 saturated carbocycles. The second-order valence-corrected chi connectivity index (χ2v) is 9.40. The Hall–Kier alpha value is -5.11. The van der Waals surface area contributed by atoms with Crippen molar-refractivity contribution in [2.45, 2.75) is 12.4 Å². The molecule has 220 valence electrons. The lowest BCUT2D eigenvalue weighted by atomic mass is 10.1. The molecule has 2 heterocycles. The van der Waals surface area contributed by atoms with Crippen LogP contribution in [0.2, 0.25) is 5.02 Å². The van der Waals surface area contributed by atoms with Gasteiger partial charge >= 0.3 is 18.4 Å². The van der Waals surface area contributed by atoms with E-state index in [9.17, 15) is 35.9 Å². The van der Waals surface area contributed by atoms with Crippen LogP contribution in [-0.2, 0) is 12.4 Å². The number of carbonyl (C=O) groups is 2. The maximum Gasteiger partial charge on any atom is 0.417 e. The topological polar surface area (TPSA) is 100 Å². The van der Waals surface area contributed by atoms with Gasteiger partial charge in [-0.2, -0.15) is 26.3 Å². The monoisotopic (exact) mass is 618 g/mol. The van der Waals surface area contributed by atoms with Gasteiger partial charge in [-0.1, -0.05) is 23.7 Å². The number of amides is 3. The molecule has 8 nitrogen and oxygen atoms in total. The van der Waals surface area contributed by atoms with Gasteiger partial charge in [0, 0.05) is 34.9 Å². The normalized spacial score (nSPS) is 11.8. The van der Waals surface area contributed by atoms with E-state index in [1.54, 1.807) is 34.9 Å². The molecule has 3 amide bonds. The van der Waals surface area contributed by atoms with E-state index in [0.717, 1.165) is 36.4 Å². The molecule has 0 aliphatic rings. The summed E-state index contributed by atoms with van der Waals surface area (Å²) in [5, 5.41) is 6.92.